The number of amides is 1. The van der Waals surface area contributed by atoms with Crippen LogP contribution in [0, 0.1) is 13.8 Å². The Morgan fingerprint density at radius 2 is 1.97 bits per heavy atom. The van der Waals surface area contributed by atoms with Gasteiger partial charge >= 0.3 is 0 Å². The third kappa shape index (κ3) is 4.18. The van der Waals surface area contributed by atoms with Gasteiger partial charge in [-0.3, -0.25) is 18.9 Å². The van der Waals surface area contributed by atoms with Crippen LogP contribution in [0.3, 0.4) is 0 Å². The summed E-state index contributed by atoms with van der Waals surface area (Å²) in [7, 11) is 0. The lowest BCUT2D eigenvalue weighted by Gasteiger charge is -2.26. The van der Waals surface area contributed by atoms with Gasteiger partial charge in [-0.25, -0.2) is 4.68 Å². The van der Waals surface area contributed by atoms with Gasteiger partial charge in [-0.2, -0.15) is 5.10 Å². The maximum atomic E-state index is 12.9. The van der Waals surface area contributed by atoms with Crippen LogP contribution in [0.5, 0.6) is 0 Å². The monoisotopic (exact) mass is 397 g/mol. The Morgan fingerprint density at radius 3 is 2.76 bits per heavy atom. The Morgan fingerprint density at radius 1 is 1.17 bits per heavy atom. The van der Waals surface area contributed by atoms with Crippen LogP contribution in [-0.4, -0.2) is 64.4 Å². The fraction of sp³-hybridized carbons (Fsp3) is 0.476. The molecule has 8 heteroatoms. The number of nitrogens with zero attached hydrogens (tertiary/aromatic N) is 4. The van der Waals surface area contributed by atoms with Gasteiger partial charge in [0.15, 0.2) is 0 Å². The van der Waals surface area contributed by atoms with Crippen molar-refractivity contribution in [1.29, 1.82) is 0 Å². The summed E-state index contributed by atoms with van der Waals surface area (Å²) in [5, 5.41) is 8.27. The van der Waals surface area contributed by atoms with Gasteiger partial charge < -0.3 is 10.1 Å². The number of morpholine rings is 1. The van der Waals surface area contributed by atoms with E-state index >= 15 is 0 Å². The number of rotatable bonds is 6. The van der Waals surface area contributed by atoms with Gasteiger partial charge in [0.05, 0.1) is 18.7 Å². The molecule has 0 bridgehead atoms. The number of benzene rings is 1. The molecule has 0 spiro atoms. The highest BCUT2D eigenvalue weighted by molar-refractivity contribution is 5.87. The van der Waals surface area contributed by atoms with Crippen LogP contribution in [0.4, 0.5) is 0 Å². The first kappa shape index (κ1) is 19.6. The Hall–Kier alpha value is -2.71. The van der Waals surface area contributed by atoms with Crippen LogP contribution in [0.1, 0.15) is 17.8 Å². The van der Waals surface area contributed by atoms with E-state index in [1.807, 2.05) is 42.5 Å². The van der Waals surface area contributed by atoms with Crippen LogP contribution in [0.25, 0.3) is 16.4 Å². The smallest absolute Gasteiger partial charge is 0.291 e. The fourth-order valence-corrected chi connectivity index (χ4v) is 3.89. The molecule has 8 nitrogen and oxygen atoms in total. The summed E-state index contributed by atoms with van der Waals surface area (Å²) in [6.07, 6.45) is 0.871. The second-order valence-corrected chi connectivity index (χ2v) is 7.59. The SMILES string of the molecule is Cc1ccc2c(c1)cc1c(=O)n(CC(=O)NCCCN3CCOCC3)nc(C)n12. The molecule has 0 radical (unpaired) electrons. The van der Waals surface area contributed by atoms with Gasteiger partial charge in [-0.15, -0.1) is 0 Å². The minimum atomic E-state index is -0.257. The lowest BCUT2D eigenvalue weighted by molar-refractivity contribution is -0.121. The zero-order valence-electron chi connectivity index (χ0n) is 17.0. The molecular formula is C21H27N5O3. The molecule has 3 aromatic rings. The van der Waals surface area contributed by atoms with Crippen molar-refractivity contribution in [2.24, 2.45) is 0 Å². The second-order valence-electron chi connectivity index (χ2n) is 7.59. The maximum absolute atomic E-state index is 12.9. The normalized spacial score (nSPS) is 15.2. The largest absolute Gasteiger partial charge is 0.379 e. The van der Waals surface area contributed by atoms with E-state index in [1.54, 1.807) is 0 Å². The molecule has 1 aliphatic heterocycles. The van der Waals surface area contributed by atoms with Gasteiger partial charge in [0.2, 0.25) is 5.91 Å². The van der Waals surface area contributed by atoms with Crippen molar-refractivity contribution < 1.29 is 9.53 Å². The second kappa shape index (κ2) is 8.34. The van der Waals surface area contributed by atoms with E-state index in [9.17, 15) is 9.59 Å². The zero-order chi connectivity index (χ0) is 20.4. The molecule has 2 aromatic heterocycles. The van der Waals surface area contributed by atoms with Crippen molar-refractivity contribution >= 4 is 22.3 Å². The van der Waals surface area contributed by atoms with Crippen molar-refractivity contribution in [2.45, 2.75) is 26.8 Å². The minimum Gasteiger partial charge on any atom is -0.379 e. The summed E-state index contributed by atoms with van der Waals surface area (Å²) < 4.78 is 8.45. The van der Waals surface area contributed by atoms with Crippen LogP contribution in [-0.2, 0) is 16.1 Å². The Balaban J connectivity index is 1.43. The first-order chi connectivity index (χ1) is 14.0. The van der Waals surface area contributed by atoms with Gasteiger partial charge in [0.1, 0.15) is 17.9 Å². The lowest BCUT2D eigenvalue weighted by atomic mass is 10.2. The van der Waals surface area contributed by atoms with E-state index in [4.69, 9.17) is 4.74 Å². The molecule has 0 aliphatic carbocycles. The number of nitrogens with one attached hydrogen (secondary N) is 1. The molecule has 0 atom stereocenters. The first-order valence-corrected chi connectivity index (χ1v) is 10.1. The maximum Gasteiger partial charge on any atom is 0.291 e. The van der Waals surface area contributed by atoms with E-state index in [0.29, 0.717) is 17.9 Å². The Bertz CT molecular complexity index is 1100. The van der Waals surface area contributed by atoms with Crippen LogP contribution >= 0.6 is 0 Å². The summed E-state index contributed by atoms with van der Waals surface area (Å²) >= 11 is 0. The minimum absolute atomic E-state index is 0.0751. The number of carbonyl (C=O) groups excluding carboxylic acids is 1. The molecule has 1 aliphatic rings. The van der Waals surface area contributed by atoms with Gasteiger partial charge in [0.25, 0.3) is 5.56 Å². The summed E-state index contributed by atoms with van der Waals surface area (Å²) in [6.45, 7) is 8.75. The first-order valence-electron chi connectivity index (χ1n) is 10.1. The van der Waals surface area contributed by atoms with Gasteiger partial charge in [-0.1, -0.05) is 11.6 Å². The highest BCUT2D eigenvalue weighted by Crippen LogP contribution is 2.20. The zero-order valence-corrected chi connectivity index (χ0v) is 17.0. The topological polar surface area (TPSA) is 80.9 Å². The summed E-state index contributed by atoms with van der Waals surface area (Å²) in [5.41, 5.74) is 2.37. The average Bonchev–Trinajstić information content (AvgIpc) is 3.09. The molecule has 1 saturated heterocycles. The predicted molar refractivity (Wildman–Crippen MR) is 111 cm³/mol. The Labute approximate surface area is 169 Å². The summed E-state index contributed by atoms with van der Waals surface area (Å²) in [5.74, 6) is 0.482. The average molecular weight is 397 g/mol. The van der Waals surface area contributed by atoms with Crippen LogP contribution in [0.2, 0.25) is 0 Å². The third-order valence-electron chi connectivity index (χ3n) is 5.37. The van der Waals surface area contributed by atoms with Crippen molar-refractivity contribution in [1.82, 2.24) is 24.4 Å². The van der Waals surface area contributed by atoms with Crippen molar-refractivity contribution in [3.8, 4) is 0 Å². The molecule has 0 unspecified atom stereocenters. The molecule has 154 valence electrons. The molecular weight excluding hydrogens is 370 g/mol. The number of fused-ring (bicyclic) bond motifs is 3. The van der Waals surface area contributed by atoms with Crippen LogP contribution < -0.4 is 10.9 Å². The van der Waals surface area contributed by atoms with Crippen molar-refractivity contribution in [2.75, 3.05) is 39.4 Å². The number of carbonyl (C=O) groups is 1. The molecule has 1 N–H and O–H groups in total. The van der Waals surface area contributed by atoms with E-state index < -0.39 is 0 Å². The summed E-state index contributed by atoms with van der Waals surface area (Å²) in [6, 6.07) is 7.93. The highest BCUT2D eigenvalue weighted by atomic mass is 16.5. The molecule has 1 amide bonds. The molecule has 1 aromatic carbocycles. The molecule has 1 fully saturated rings. The number of aryl methyl sites for hydroxylation is 2. The number of ether oxygens (including phenoxy) is 1. The molecule has 4 rings (SSSR count). The van der Waals surface area contributed by atoms with E-state index in [1.165, 1.54) is 4.68 Å². The standard InChI is InChI=1S/C21H27N5O3/c1-15-4-5-18-17(12-15)13-19-21(28)25(23-16(2)26(18)19)14-20(27)22-6-3-7-24-8-10-29-11-9-24/h4-5,12-13H,3,6-11,14H2,1-2H3,(H,22,27). The van der Waals surface area contributed by atoms with Crippen molar-refractivity contribution in [3.63, 3.8) is 0 Å². The van der Waals surface area contributed by atoms with E-state index in [-0.39, 0.29) is 18.0 Å². The number of aromatic nitrogens is 3. The van der Waals surface area contributed by atoms with E-state index in [0.717, 1.165) is 55.7 Å². The predicted octanol–water partition coefficient (Wildman–Crippen LogP) is 1.10. The number of hydrogen-bond acceptors (Lipinski definition) is 5. The summed E-state index contributed by atoms with van der Waals surface area (Å²) in [4.78, 5) is 27.5. The molecule has 3 heterocycles. The van der Waals surface area contributed by atoms with Gasteiger partial charge in [0, 0.05) is 25.0 Å². The third-order valence-corrected chi connectivity index (χ3v) is 5.37. The van der Waals surface area contributed by atoms with Crippen molar-refractivity contribution in [3.05, 3.63) is 46.0 Å². The molecule has 0 saturated carbocycles. The lowest BCUT2D eigenvalue weighted by Crippen LogP contribution is -2.39. The molecule has 29 heavy (non-hydrogen) atoms. The fourth-order valence-electron chi connectivity index (χ4n) is 3.89. The number of hydrogen-bond donors (Lipinski definition) is 1. The highest BCUT2D eigenvalue weighted by Gasteiger charge is 2.14. The quantitative estimate of drug-likeness (QED) is 0.630. The Kier molecular flexibility index (Phi) is 5.64. The van der Waals surface area contributed by atoms with Crippen LogP contribution in [0.15, 0.2) is 29.1 Å². The van der Waals surface area contributed by atoms with Gasteiger partial charge in [-0.05, 0) is 45.0 Å². The van der Waals surface area contributed by atoms with E-state index in [2.05, 4.69) is 15.3 Å².